The normalized spacial score (nSPS) is 18.7. The fourth-order valence-electron chi connectivity index (χ4n) is 1.89. The maximum absolute atomic E-state index is 12.1. The van der Waals surface area contributed by atoms with Gasteiger partial charge in [-0.3, -0.25) is 9.63 Å². The molecule has 98 valence electrons. The van der Waals surface area contributed by atoms with Crippen LogP contribution in [0.2, 0.25) is 0 Å². The molecule has 0 saturated carbocycles. The third-order valence-corrected chi connectivity index (χ3v) is 2.73. The fraction of sp³-hybridized carbons (Fsp3) is 0.500. The first-order chi connectivity index (χ1) is 8.47. The van der Waals surface area contributed by atoms with Gasteiger partial charge in [0.2, 0.25) is 0 Å². The molecule has 1 N–H and O–H groups in total. The number of hydroxylamine groups is 1. The Balaban J connectivity index is 2.08. The minimum absolute atomic E-state index is 0.110. The molecule has 4 nitrogen and oxygen atoms in total. The summed E-state index contributed by atoms with van der Waals surface area (Å²) >= 11 is 0. The first kappa shape index (κ1) is 12.9. The van der Waals surface area contributed by atoms with E-state index in [1.807, 2.05) is 45.0 Å². The zero-order valence-corrected chi connectivity index (χ0v) is 11.0. The average Bonchev–Trinajstić information content (AvgIpc) is 2.34. The highest BCUT2D eigenvalue weighted by atomic mass is 16.7. The summed E-state index contributed by atoms with van der Waals surface area (Å²) in [5.41, 5.74) is 3.08. The Morgan fingerprint density at radius 2 is 2.11 bits per heavy atom. The third-order valence-electron chi connectivity index (χ3n) is 2.73. The Morgan fingerprint density at radius 3 is 2.83 bits per heavy atom. The molecular weight excluding hydrogens is 230 g/mol. The van der Waals surface area contributed by atoms with Gasteiger partial charge in [-0.05, 0) is 33.3 Å². The highest BCUT2D eigenvalue weighted by Crippen LogP contribution is 2.33. The lowest BCUT2D eigenvalue weighted by Crippen LogP contribution is -2.37. The number of hydrogen-bond acceptors (Lipinski definition) is 3. The molecule has 0 saturated heterocycles. The van der Waals surface area contributed by atoms with Crippen LogP contribution in [0, 0.1) is 0 Å². The van der Waals surface area contributed by atoms with Gasteiger partial charge in [0.15, 0.2) is 0 Å². The van der Waals surface area contributed by atoms with Crippen molar-refractivity contribution in [2.45, 2.75) is 38.7 Å². The van der Waals surface area contributed by atoms with Crippen molar-refractivity contribution >= 4 is 5.91 Å². The monoisotopic (exact) mass is 249 g/mol. The van der Waals surface area contributed by atoms with Gasteiger partial charge >= 0.3 is 0 Å². The summed E-state index contributed by atoms with van der Waals surface area (Å²) in [6, 6.07) is 7.64. The zero-order valence-electron chi connectivity index (χ0n) is 11.0. The standard InChI is InChI=1S/C14H19NO3/c1-14(2,3)18-15-13(16)11-8-9-17-12-7-5-4-6-10(11)12/h4-7,11H,8-9H2,1-3H3,(H,15,16). The number of ether oxygens (including phenoxy) is 1. The lowest BCUT2D eigenvalue weighted by atomic mass is 9.93. The topological polar surface area (TPSA) is 47.6 Å². The molecule has 0 fully saturated rings. The van der Waals surface area contributed by atoms with E-state index < -0.39 is 0 Å². The molecule has 2 rings (SSSR count). The third kappa shape index (κ3) is 3.01. The first-order valence-corrected chi connectivity index (χ1v) is 6.17. The van der Waals surface area contributed by atoms with Crippen molar-refractivity contribution in [3.8, 4) is 5.75 Å². The van der Waals surface area contributed by atoms with Gasteiger partial charge < -0.3 is 4.74 Å². The number of fused-ring (bicyclic) bond motifs is 1. The maximum Gasteiger partial charge on any atom is 0.251 e. The van der Waals surface area contributed by atoms with Crippen molar-refractivity contribution in [3.63, 3.8) is 0 Å². The maximum atomic E-state index is 12.1. The van der Waals surface area contributed by atoms with Crippen molar-refractivity contribution in [3.05, 3.63) is 29.8 Å². The lowest BCUT2D eigenvalue weighted by Gasteiger charge is -2.26. The molecule has 0 spiro atoms. The number of nitrogens with one attached hydrogen (secondary N) is 1. The number of amides is 1. The van der Waals surface area contributed by atoms with Gasteiger partial charge in [-0.15, -0.1) is 0 Å². The summed E-state index contributed by atoms with van der Waals surface area (Å²) in [4.78, 5) is 17.4. The molecule has 1 aliphatic rings. The van der Waals surface area contributed by atoms with Crippen molar-refractivity contribution in [2.75, 3.05) is 6.61 Å². The molecule has 1 heterocycles. The quantitative estimate of drug-likeness (QED) is 0.819. The van der Waals surface area contributed by atoms with Crippen molar-refractivity contribution in [1.29, 1.82) is 0 Å². The summed E-state index contributed by atoms with van der Waals surface area (Å²) in [6.45, 7) is 6.24. The predicted octanol–water partition coefficient (Wildman–Crippen LogP) is 2.40. The van der Waals surface area contributed by atoms with Crippen molar-refractivity contribution in [1.82, 2.24) is 5.48 Å². The first-order valence-electron chi connectivity index (χ1n) is 6.17. The second-order valence-electron chi connectivity index (χ2n) is 5.41. The fourth-order valence-corrected chi connectivity index (χ4v) is 1.89. The zero-order chi connectivity index (χ0) is 13.2. The number of hydrogen-bond donors (Lipinski definition) is 1. The Labute approximate surface area is 107 Å². The molecule has 1 aromatic carbocycles. The van der Waals surface area contributed by atoms with Gasteiger partial charge in [0.25, 0.3) is 5.91 Å². The second-order valence-corrected chi connectivity index (χ2v) is 5.41. The summed E-state index contributed by atoms with van der Waals surface area (Å²) in [6.07, 6.45) is 0.677. The van der Waals surface area contributed by atoms with Crippen molar-refractivity contribution < 1.29 is 14.4 Å². The minimum Gasteiger partial charge on any atom is -0.493 e. The van der Waals surface area contributed by atoms with Crippen LogP contribution in [0.5, 0.6) is 5.75 Å². The van der Waals surface area contributed by atoms with Gasteiger partial charge in [0, 0.05) is 5.56 Å². The molecule has 1 aliphatic heterocycles. The van der Waals surface area contributed by atoms with E-state index in [1.54, 1.807) is 0 Å². The SMILES string of the molecule is CC(C)(C)ONC(=O)C1CCOc2ccccc21. The average molecular weight is 249 g/mol. The Hall–Kier alpha value is -1.55. The highest BCUT2D eigenvalue weighted by Gasteiger charge is 2.28. The molecule has 1 atom stereocenters. The van der Waals surface area contributed by atoms with E-state index in [2.05, 4.69) is 5.48 Å². The molecule has 0 radical (unpaired) electrons. The second kappa shape index (κ2) is 4.98. The van der Waals surface area contributed by atoms with E-state index >= 15 is 0 Å². The van der Waals surface area contributed by atoms with Crippen LogP contribution in [0.15, 0.2) is 24.3 Å². The van der Waals surface area contributed by atoms with E-state index in [4.69, 9.17) is 9.57 Å². The molecule has 18 heavy (non-hydrogen) atoms. The van der Waals surface area contributed by atoms with Crippen LogP contribution < -0.4 is 10.2 Å². The van der Waals surface area contributed by atoms with Gasteiger partial charge in [-0.1, -0.05) is 18.2 Å². The summed E-state index contributed by atoms with van der Waals surface area (Å²) in [7, 11) is 0. The van der Waals surface area contributed by atoms with Gasteiger partial charge in [-0.25, -0.2) is 5.48 Å². The highest BCUT2D eigenvalue weighted by molar-refractivity contribution is 5.83. The number of para-hydroxylation sites is 1. The molecule has 0 bridgehead atoms. The number of carbonyl (C=O) groups is 1. The van der Waals surface area contributed by atoms with E-state index in [-0.39, 0.29) is 17.4 Å². The largest absolute Gasteiger partial charge is 0.493 e. The van der Waals surface area contributed by atoms with Crippen LogP contribution in [0.3, 0.4) is 0 Å². The van der Waals surface area contributed by atoms with Crippen LogP contribution in [0.25, 0.3) is 0 Å². The predicted molar refractivity (Wildman–Crippen MR) is 68.3 cm³/mol. The van der Waals surface area contributed by atoms with E-state index in [0.29, 0.717) is 13.0 Å². The van der Waals surface area contributed by atoms with Crippen LogP contribution in [0.1, 0.15) is 38.7 Å². The van der Waals surface area contributed by atoms with E-state index in [0.717, 1.165) is 11.3 Å². The van der Waals surface area contributed by atoms with Crippen LogP contribution in [0.4, 0.5) is 0 Å². The molecule has 0 aromatic heterocycles. The van der Waals surface area contributed by atoms with Crippen LogP contribution in [-0.4, -0.2) is 18.1 Å². The molecule has 1 unspecified atom stereocenters. The van der Waals surface area contributed by atoms with Crippen LogP contribution >= 0.6 is 0 Å². The van der Waals surface area contributed by atoms with Crippen LogP contribution in [-0.2, 0) is 9.63 Å². The summed E-state index contributed by atoms with van der Waals surface area (Å²) in [5.74, 6) is 0.484. The van der Waals surface area contributed by atoms with E-state index in [9.17, 15) is 4.79 Å². The minimum atomic E-state index is -0.389. The molecule has 0 aliphatic carbocycles. The van der Waals surface area contributed by atoms with Crippen molar-refractivity contribution in [2.24, 2.45) is 0 Å². The Bertz CT molecular complexity index is 437. The Kier molecular flexibility index (Phi) is 3.57. The summed E-state index contributed by atoms with van der Waals surface area (Å²) in [5, 5.41) is 0. The smallest absolute Gasteiger partial charge is 0.251 e. The van der Waals surface area contributed by atoms with Gasteiger partial charge in [-0.2, -0.15) is 0 Å². The summed E-state index contributed by atoms with van der Waals surface area (Å²) < 4.78 is 5.53. The molecule has 4 heteroatoms. The lowest BCUT2D eigenvalue weighted by molar-refractivity contribution is -0.147. The van der Waals surface area contributed by atoms with E-state index in [1.165, 1.54) is 0 Å². The number of benzene rings is 1. The number of rotatable bonds is 2. The molecule has 1 aromatic rings. The molecule has 1 amide bonds. The van der Waals surface area contributed by atoms with Gasteiger partial charge in [0.1, 0.15) is 5.75 Å². The molecular formula is C14H19NO3. The Morgan fingerprint density at radius 1 is 1.39 bits per heavy atom. The van der Waals surface area contributed by atoms with Gasteiger partial charge in [0.05, 0.1) is 18.1 Å². The number of carbonyl (C=O) groups excluding carboxylic acids is 1.